The summed E-state index contributed by atoms with van der Waals surface area (Å²) in [6.07, 6.45) is 2.54. The number of hydrogen-bond acceptors (Lipinski definition) is 2. The third-order valence-electron chi connectivity index (χ3n) is 3.65. The van der Waals surface area contributed by atoms with E-state index in [-0.39, 0.29) is 5.84 Å². The quantitative estimate of drug-likeness (QED) is 0.607. The highest BCUT2D eigenvalue weighted by atomic mass is 15.1. The van der Waals surface area contributed by atoms with Crippen molar-refractivity contribution in [3.8, 4) is 0 Å². The predicted octanol–water partition coefficient (Wildman–Crippen LogP) is 2.52. The molecule has 1 fully saturated rings. The Morgan fingerprint density at radius 1 is 1.35 bits per heavy atom. The van der Waals surface area contributed by atoms with Crippen LogP contribution in [0.25, 0.3) is 0 Å². The molecular weight excluding hydrogens is 210 g/mol. The fourth-order valence-electron chi connectivity index (χ4n) is 2.41. The highest BCUT2D eigenvalue weighted by molar-refractivity contribution is 5.96. The van der Waals surface area contributed by atoms with Crippen LogP contribution in [0.1, 0.15) is 30.9 Å². The molecule has 1 heterocycles. The molecule has 1 aliphatic rings. The fourth-order valence-corrected chi connectivity index (χ4v) is 2.41. The highest BCUT2D eigenvalue weighted by Crippen LogP contribution is 2.24. The zero-order chi connectivity index (χ0) is 12.4. The molecule has 3 heteroatoms. The van der Waals surface area contributed by atoms with E-state index in [1.54, 1.807) is 0 Å². The predicted molar refractivity (Wildman–Crippen MR) is 72.8 cm³/mol. The summed E-state index contributed by atoms with van der Waals surface area (Å²) in [7, 11) is 0. The molecule has 0 aromatic heterocycles. The molecule has 2 rings (SSSR count). The first-order valence-electron chi connectivity index (χ1n) is 6.28. The summed E-state index contributed by atoms with van der Waals surface area (Å²) in [5.41, 5.74) is 8.73. The lowest BCUT2D eigenvalue weighted by molar-refractivity contribution is 0.438. The molecular formula is C14H21N3. The lowest BCUT2D eigenvalue weighted by atomic mass is 9.98. The zero-order valence-corrected chi connectivity index (χ0v) is 10.7. The van der Waals surface area contributed by atoms with Gasteiger partial charge in [-0.25, -0.2) is 0 Å². The second-order valence-corrected chi connectivity index (χ2v) is 5.08. The van der Waals surface area contributed by atoms with E-state index in [4.69, 9.17) is 11.1 Å². The standard InChI is InChI=1S/C14H21N3/c1-10-5-7-17(8-6-10)12-3-4-13(14(15)16)11(2)9-12/h3-4,9-10H,5-8H2,1-2H3,(H3,15,16). The van der Waals surface area contributed by atoms with Gasteiger partial charge in [0, 0.05) is 24.3 Å². The molecule has 0 atom stereocenters. The topological polar surface area (TPSA) is 53.1 Å². The van der Waals surface area contributed by atoms with Gasteiger partial charge in [0.2, 0.25) is 0 Å². The van der Waals surface area contributed by atoms with Crippen molar-refractivity contribution in [1.82, 2.24) is 0 Å². The van der Waals surface area contributed by atoms with Crippen LogP contribution in [0.5, 0.6) is 0 Å². The Hall–Kier alpha value is -1.51. The van der Waals surface area contributed by atoms with E-state index >= 15 is 0 Å². The summed E-state index contributed by atoms with van der Waals surface area (Å²) in [4.78, 5) is 2.43. The number of piperidine rings is 1. The van der Waals surface area contributed by atoms with Crippen molar-refractivity contribution in [2.24, 2.45) is 11.7 Å². The van der Waals surface area contributed by atoms with Crippen molar-refractivity contribution in [3.63, 3.8) is 0 Å². The highest BCUT2D eigenvalue weighted by Gasteiger charge is 2.16. The maximum absolute atomic E-state index is 7.48. The number of nitrogen functional groups attached to an aromatic ring is 1. The lowest BCUT2D eigenvalue weighted by Gasteiger charge is -2.32. The van der Waals surface area contributed by atoms with Crippen molar-refractivity contribution in [3.05, 3.63) is 29.3 Å². The SMILES string of the molecule is Cc1cc(N2CCC(C)CC2)ccc1C(=N)N. The fraction of sp³-hybridized carbons (Fsp3) is 0.500. The molecule has 0 unspecified atom stereocenters. The van der Waals surface area contributed by atoms with Crippen molar-refractivity contribution in [2.75, 3.05) is 18.0 Å². The van der Waals surface area contributed by atoms with Crippen molar-refractivity contribution >= 4 is 11.5 Å². The van der Waals surface area contributed by atoms with Gasteiger partial charge in [0.05, 0.1) is 0 Å². The average Bonchev–Trinajstić information content (AvgIpc) is 2.29. The van der Waals surface area contributed by atoms with Gasteiger partial charge in [-0.1, -0.05) is 6.92 Å². The van der Waals surface area contributed by atoms with E-state index < -0.39 is 0 Å². The molecule has 3 N–H and O–H groups in total. The number of nitrogens with zero attached hydrogens (tertiary/aromatic N) is 1. The van der Waals surface area contributed by atoms with Gasteiger partial charge in [0.1, 0.15) is 5.84 Å². The first-order chi connectivity index (χ1) is 8.08. The van der Waals surface area contributed by atoms with Crippen LogP contribution < -0.4 is 10.6 Å². The number of nitrogens with one attached hydrogen (secondary N) is 1. The molecule has 3 nitrogen and oxygen atoms in total. The van der Waals surface area contributed by atoms with Crippen LogP contribution >= 0.6 is 0 Å². The number of amidine groups is 1. The molecule has 0 spiro atoms. The first-order valence-corrected chi connectivity index (χ1v) is 6.28. The molecule has 0 bridgehead atoms. The zero-order valence-electron chi connectivity index (χ0n) is 10.7. The third kappa shape index (κ3) is 2.60. The molecule has 0 aliphatic carbocycles. The summed E-state index contributed by atoms with van der Waals surface area (Å²) in [5, 5.41) is 7.48. The van der Waals surface area contributed by atoms with Gasteiger partial charge in [-0.2, -0.15) is 0 Å². The van der Waals surface area contributed by atoms with Crippen LogP contribution in [-0.2, 0) is 0 Å². The second kappa shape index (κ2) is 4.78. The number of rotatable bonds is 2. The number of aryl methyl sites for hydroxylation is 1. The van der Waals surface area contributed by atoms with Gasteiger partial charge in [0.25, 0.3) is 0 Å². The first kappa shape index (κ1) is 12.0. The van der Waals surface area contributed by atoms with Crippen LogP contribution in [0.15, 0.2) is 18.2 Å². The Morgan fingerprint density at radius 2 is 2.00 bits per heavy atom. The average molecular weight is 231 g/mol. The third-order valence-corrected chi connectivity index (χ3v) is 3.65. The molecule has 0 saturated carbocycles. The van der Waals surface area contributed by atoms with Crippen molar-refractivity contribution < 1.29 is 0 Å². The molecule has 0 amide bonds. The Kier molecular flexibility index (Phi) is 3.36. The van der Waals surface area contributed by atoms with Gasteiger partial charge in [-0.15, -0.1) is 0 Å². The monoisotopic (exact) mass is 231 g/mol. The van der Waals surface area contributed by atoms with Gasteiger partial charge >= 0.3 is 0 Å². The maximum Gasteiger partial charge on any atom is 0.123 e. The minimum Gasteiger partial charge on any atom is -0.384 e. The summed E-state index contributed by atoms with van der Waals surface area (Å²) >= 11 is 0. The van der Waals surface area contributed by atoms with E-state index in [1.807, 2.05) is 13.0 Å². The van der Waals surface area contributed by atoms with E-state index in [0.29, 0.717) is 0 Å². The molecule has 92 valence electrons. The van der Waals surface area contributed by atoms with Crippen LogP contribution in [0.3, 0.4) is 0 Å². The van der Waals surface area contributed by atoms with Crippen molar-refractivity contribution in [1.29, 1.82) is 5.41 Å². The summed E-state index contributed by atoms with van der Waals surface area (Å²) in [5.74, 6) is 1.00. The van der Waals surface area contributed by atoms with Crippen LogP contribution in [0.4, 0.5) is 5.69 Å². The molecule has 1 saturated heterocycles. The Balaban J connectivity index is 2.17. The van der Waals surface area contributed by atoms with E-state index in [1.165, 1.54) is 18.5 Å². The van der Waals surface area contributed by atoms with E-state index in [0.717, 1.165) is 30.1 Å². The van der Waals surface area contributed by atoms with E-state index in [2.05, 4.69) is 24.0 Å². The smallest absolute Gasteiger partial charge is 0.123 e. The molecule has 0 radical (unpaired) electrons. The van der Waals surface area contributed by atoms with Gasteiger partial charge in [-0.3, -0.25) is 5.41 Å². The summed E-state index contributed by atoms with van der Waals surface area (Å²) in [6, 6.07) is 6.19. The largest absolute Gasteiger partial charge is 0.384 e. The molecule has 1 aromatic rings. The molecule has 1 aliphatic heterocycles. The van der Waals surface area contributed by atoms with Crippen LogP contribution in [0, 0.1) is 18.3 Å². The summed E-state index contributed by atoms with van der Waals surface area (Å²) < 4.78 is 0. The van der Waals surface area contributed by atoms with Crippen LogP contribution in [0.2, 0.25) is 0 Å². The minimum absolute atomic E-state index is 0.154. The summed E-state index contributed by atoms with van der Waals surface area (Å²) in [6.45, 7) is 6.62. The maximum atomic E-state index is 7.48. The van der Waals surface area contributed by atoms with Gasteiger partial charge in [0.15, 0.2) is 0 Å². The Morgan fingerprint density at radius 3 is 2.53 bits per heavy atom. The number of nitrogens with two attached hydrogens (primary N) is 1. The minimum atomic E-state index is 0.154. The molecule has 1 aromatic carbocycles. The number of hydrogen-bond donors (Lipinski definition) is 2. The van der Waals surface area contributed by atoms with Gasteiger partial charge < -0.3 is 10.6 Å². The van der Waals surface area contributed by atoms with Crippen LogP contribution in [-0.4, -0.2) is 18.9 Å². The Labute approximate surface area is 103 Å². The molecule has 17 heavy (non-hydrogen) atoms. The second-order valence-electron chi connectivity index (χ2n) is 5.08. The van der Waals surface area contributed by atoms with Crippen molar-refractivity contribution in [2.45, 2.75) is 26.7 Å². The number of anilines is 1. The van der Waals surface area contributed by atoms with E-state index in [9.17, 15) is 0 Å². The Bertz CT molecular complexity index is 417. The lowest BCUT2D eigenvalue weighted by Crippen LogP contribution is -2.32. The normalized spacial score (nSPS) is 17.2. The number of benzene rings is 1. The van der Waals surface area contributed by atoms with Gasteiger partial charge in [-0.05, 0) is 49.4 Å².